The molecule has 2 rings (SSSR count). The Hall–Kier alpha value is 0.0700. The van der Waals surface area contributed by atoms with Gasteiger partial charge in [0.05, 0.1) is 11.7 Å². The molecule has 17 heavy (non-hydrogen) atoms. The molecule has 2 aliphatic rings. The first kappa shape index (κ1) is 13.5. The molecule has 1 heterocycles. The van der Waals surface area contributed by atoms with Crippen LogP contribution >= 0.6 is 0 Å². The van der Waals surface area contributed by atoms with Crippen molar-refractivity contribution in [2.75, 3.05) is 11.5 Å². The maximum Gasteiger partial charge on any atom is 0.0698 e. The van der Waals surface area contributed by atoms with Crippen LogP contribution in [-0.4, -0.2) is 33.0 Å². The van der Waals surface area contributed by atoms with E-state index in [1.54, 1.807) is 0 Å². The highest BCUT2D eigenvalue weighted by molar-refractivity contribution is 7.85. The van der Waals surface area contributed by atoms with E-state index in [0.717, 1.165) is 6.42 Å². The minimum atomic E-state index is -0.846. The maximum absolute atomic E-state index is 12.0. The van der Waals surface area contributed by atoms with Crippen molar-refractivity contribution in [2.24, 2.45) is 5.73 Å². The third kappa shape index (κ3) is 3.76. The second kappa shape index (κ2) is 4.98. The van der Waals surface area contributed by atoms with Crippen LogP contribution in [0.5, 0.6) is 0 Å². The Bertz CT molecular complexity index is 292. The number of rotatable bonds is 4. The van der Waals surface area contributed by atoms with E-state index < -0.39 is 10.8 Å². The van der Waals surface area contributed by atoms with Crippen molar-refractivity contribution < 1.29 is 8.95 Å². The smallest absolute Gasteiger partial charge is 0.0698 e. The van der Waals surface area contributed by atoms with E-state index in [9.17, 15) is 4.21 Å². The van der Waals surface area contributed by atoms with Crippen molar-refractivity contribution in [3.05, 3.63) is 0 Å². The van der Waals surface area contributed by atoms with Gasteiger partial charge in [-0.05, 0) is 39.5 Å². The highest BCUT2D eigenvalue weighted by Crippen LogP contribution is 2.43. The van der Waals surface area contributed by atoms with Crippen LogP contribution in [0.1, 0.15) is 52.4 Å². The van der Waals surface area contributed by atoms with Crippen LogP contribution in [0.4, 0.5) is 0 Å². The molecule has 0 amide bonds. The van der Waals surface area contributed by atoms with Gasteiger partial charge in [-0.15, -0.1) is 0 Å². The molecular weight excluding hydrogens is 234 g/mol. The molecule has 0 radical (unpaired) electrons. The van der Waals surface area contributed by atoms with Crippen LogP contribution in [0.15, 0.2) is 0 Å². The summed E-state index contributed by atoms with van der Waals surface area (Å²) in [6.45, 7) is 3.86. The van der Waals surface area contributed by atoms with Crippen LogP contribution in [0.25, 0.3) is 0 Å². The first-order chi connectivity index (χ1) is 7.89. The molecule has 0 aromatic rings. The average Bonchev–Trinajstić information content (AvgIpc) is 2.75. The number of hydrogen-bond donors (Lipinski definition) is 1. The molecule has 1 aliphatic heterocycles. The lowest BCUT2D eigenvalue weighted by atomic mass is 9.98. The van der Waals surface area contributed by atoms with Crippen molar-refractivity contribution >= 4 is 10.8 Å². The van der Waals surface area contributed by atoms with E-state index in [4.69, 9.17) is 10.5 Å². The normalized spacial score (nSPS) is 29.9. The van der Waals surface area contributed by atoms with Crippen LogP contribution < -0.4 is 5.73 Å². The Morgan fingerprint density at radius 1 is 1.35 bits per heavy atom. The quantitative estimate of drug-likeness (QED) is 0.839. The summed E-state index contributed by atoms with van der Waals surface area (Å²) in [5, 5.41) is 0. The van der Waals surface area contributed by atoms with Gasteiger partial charge in [0.15, 0.2) is 0 Å². The molecular formula is C13H25NO2S. The number of ether oxygens (including phenoxy) is 1. The minimum Gasteiger partial charge on any atom is -0.371 e. The molecule has 0 aromatic heterocycles. The van der Waals surface area contributed by atoms with Crippen molar-refractivity contribution in [3.63, 3.8) is 0 Å². The Morgan fingerprint density at radius 2 is 2.00 bits per heavy atom. The first-order valence-electron chi connectivity index (χ1n) is 6.70. The van der Waals surface area contributed by atoms with Gasteiger partial charge in [0.25, 0.3) is 0 Å². The van der Waals surface area contributed by atoms with E-state index >= 15 is 0 Å². The second-order valence-electron chi connectivity index (χ2n) is 6.41. The van der Waals surface area contributed by atoms with E-state index in [2.05, 4.69) is 0 Å². The van der Waals surface area contributed by atoms with Gasteiger partial charge in [-0.3, -0.25) is 4.21 Å². The molecule has 3 nitrogen and oxygen atoms in total. The zero-order valence-electron chi connectivity index (χ0n) is 11.0. The number of hydrogen-bond acceptors (Lipinski definition) is 3. The Kier molecular flexibility index (Phi) is 3.96. The molecule has 1 saturated carbocycles. The Balaban J connectivity index is 1.79. The van der Waals surface area contributed by atoms with Gasteiger partial charge >= 0.3 is 0 Å². The SMILES string of the molecule is CC(C)(N)CS(=O)CC1CCC2(CCCC2)O1. The maximum atomic E-state index is 12.0. The zero-order valence-corrected chi connectivity index (χ0v) is 11.9. The average molecular weight is 259 g/mol. The monoisotopic (exact) mass is 259 g/mol. The molecule has 2 unspecified atom stereocenters. The fraction of sp³-hybridized carbons (Fsp3) is 1.00. The fourth-order valence-electron chi connectivity index (χ4n) is 3.08. The molecule has 0 bridgehead atoms. The summed E-state index contributed by atoms with van der Waals surface area (Å²) in [4.78, 5) is 0. The summed E-state index contributed by atoms with van der Waals surface area (Å²) in [5.41, 5.74) is 5.71. The van der Waals surface area contributed by atoms with E-state index in [0.29, 0.717) is 11.5 Å². The summed E-state index contributed by atoms with van der Waals surface area (Å²) in [5.74, 6) is 1.24. The molecule has 1 aliphatic carbocycles. The van der Waals surface area contributed by atoms with Crippen LogP contribution in [0, 0.1) is 0 Å². The van der Waals surface area contributed by atoms with Gasteiger partial charge in [0.1, 0.15) is 0 Å². The zero-order chi connectivity index (χ0) is 12.5. The van der Waals surface area contributed by atoms with E-state index in [1.165, 1.54) is 32.1 Å². The summed E-state index contributed by atoms with van der Waals surface area (Å²) in [6.07, 6.45) is 7.46. The molecule has 100 valence electrons. The molecule has 2 N–H and O–H groups in total. The summed E-state index contributed by atoms with van der Waals surface area (Å²) >= 11 is 0. The van der Waals surface area contributed by atoms with E-state index in [-0.39, 0.29) is 17.2 Å². The molecule has 1 saturated heterocycles. The van der Waals surface area contributed by atoms with Gasteiger partial charge in [0, 0.05) is 27.8 Å². The summed E-state index contributed by atoms with van der Waals surface area (Å²) in [6, 6.07) is 0. The van der Waals surface area contributed by atoms with Crippen molar-refractivity contribution in [1.82, 2.24) is 0 Å². The highest BCUT2D eigenvalue weighted by Gasteiger charge is 2.42. The van der Waals surface area contributed by atoms with Gasteiger partial charge in [-0.1, -0.05) is 12.8 Å². The molecule has 1 spiro atoms. The molecule has 0 aromatic carbocycles. The van der Waals surface area contributed by atoms with Crippen LogP contribution in [0.2, 0.25) is 0 Å². The highest BCUT2D eigenvalue weighted by atomic mass is 32.2. The topological polar surface area (TPSA) is 52.3 Å². The van der Waals surface area contributed by atoms with Crippen molar-refractivity contribution in [1.29, 1.82) is 0 Å². The predicted molar refractivity (Wildman–Crippen MR) is 71.4 cm³/mol. The molecule has 2 fully saturated rings. The Morgan fingerprint density at radius 3 is 2.59 bits per heavy atom. The van der Waals surface area contributed by atoms with Crippen molar-refractivity contribution in [2.45, 2.75) is 69.6 Å². The second-order valence-corrected chi connectivity index (χ2v) is 7.91. The third-order valence-electron chi connectivity index (χ3n) is 3.76. The van der Waals surface area contributed by atoms with Crippen LogP contribution in [0.3, 0.4) is 0 Å². The lowest BCUT2D eigenvalue weighted by molar-refractivity contribution is -0.0270. The standard InChI is InChI=1S/C13H25NO2S/c1-12(2,14)10-17(15)9-11-5-8-13(16-11)6-3-4-7-13/h11H,3-10,14H2,1-2H3. The third-order valence-corrected chi connectivity index (χ3v) is 5.57. The Labute approximate surface area is 107 Å². The lowest BCUT2D eigenvalue weighted by Gasteiger charge is -2.24. The minimum absolute atomic E-state index is 0.160. The summed E-state index contributed by atoms with van der Waals surface area (Å²) < 4.78 is 18.1. The molecule has 4 heteroatoms. The van der Waals surface area contributed by atoms with Gasteiger partial charge in [0.2, 0.25) is 0 Å². The largest absolute Gasteiger partial charge is 0.371 e. The van der Waals surface area contributed by atoms with Gasteiger partial charge in [-0.2, -0.15) is 0 Å². The van der Waals surface area contributed by atoms with Crippen LogP contribution in [-0.2, 0) is 15.5 Å². The fourth-order valence-corrected chi connectivity index (χ4v) is 4.68. The predicted octanol–water partition coefficient (Wildman–Crippen LogP) is 1.96. The van der Waals surface area contributed by atoms with Gasteiger partial charge in [-0.25, -0.2) is 0 Å². The first-order valence-corrected chi connectivity index (χ1v) is 8.19. The lowest BCUT2D eigenvalue weighted by Crippen LogP contribution is -2.39. The number of nitrogens with two attached hydrogens (primary N) is 1. The summed E-state index contributed by atoms with van der Waals surface area (Å²) in [7, 11) is -0.846. The van der Waals surface area contributed by atoms with Gasteiger partial charge < -0.3 is 10.5 Å². The molecule has 2 atom stereocenters. The van der Waals surface area contributed by atoms with E-state index in [1.807, 2.05) is 13.8 Å². The van der Waals surface area contributed by atoms with Crippen molar-refractivity contribution in [3.8, 4) is 0 Å².